The van der Waals surface area contributed by atoms with Gasteiger partial charge >= 0.3 is 0 Å². The molecule has 2 atom stereocenters. The number of hydrogen-bond donors (Lipinski definition) is 2. The number of para-hydroxylation sites is 1. The van der Waals surface area contributed by atoms with Crippen LogP contribution in [0.4, 0.5) is 11.4 Å². The fourth-order valence-corrected chi connectivity index (χ4v) is 4.23. The van der Waals surface area contributed by atoms with Crippen molar-refractivity contribution >= 4 is 17.3 Å². The Balaban J connectivity index is 1.62. The molecule has 0 unspecified atom stereocenters. The zero-order valence-corrected chi connectivity index (χ0v) is 18.6. The Hall–Kier alpha value is -2.33. The number of nitrogens with one attached hydrogen (secondary N) is 2. The SMILES string of the molecule is CC[C@H](C)c1ccccc1NC(=O)[C@@H](C)[NH+]1CCN(c2cccc(C)c2C)CC1. The highest BCUT2D eigenvalue weighted by Gasteiger charge is 2.30. The summed E-state index contributed by atoms with van der Waals surface area (Å²) in [4.78, 5) is 16.8. The summed E-state index contributed by atoms with van der Waals surface area (Å²) in [6.45, 7) is 14.8. The zero-order chi connectivity index (χ0) is 21.0. The van der Waals surface area contributed by atoms with Crippen LogP contribution in [-0.4, -0.2) is 38.1 Å². The Kier molecular flexibility index (Phi) is 6.96. The Labute approximate surface area is 175 Å². The molecule has 2 N–H and O–H groups in total. The Bertz CT molecular complexity index is 840. The number of aryl methyl sites for hydroxylation is 1. The summed E-state index contributed by atoms with van der Waals surface area (Å²) in [5.41, 5.74) is 6.23. The van der Waals surface area contributed by atoms with E-state index in [0.717, 1.165) is 38.3 Å². The molecule has 0 radical (unpaired) electrons. The Morgan fingerprint density at radius 3 is 2.45 bits per heavy atom. The molecular formula is C25H36N3O+. The van der Waals surface area contributed by atoms with E-state index >= 15 is 0 Å². The van der Waals surface area contributed by atoms with Gasteiger partial charge in [0.1, 0.15) is 0 Å². The second kappa shape index (κ2) is 9.45. The van der Waals surface area contributed by atoms with Crippen LogP contribution in [-0.2, 0) is 4.79 Å². The topological polar surface area (TPSA) is 36.8 Å². The number of benzene rings is 2. The molecule has 0 aliphatic carbocycles. The van der Waals surface area contributed by atoms with Gasteiger partial charge in [-0.2, -0.15) is 0 Å². The zero-order valence-electron chi connectivity index (χ0n) is 18.6. The van der Waals surface area contributed by atoms with Crippen molar-refractivity contribution < 1.29 is 9.69 Å². The molecule has 1 heterocycles. The van der Waals surface area contributed by atoms with Gasteiger partial charge in [-0.1, -0.05) is 44.2 Å². The van der Waals surface area contributed by atoms with Crippen molar-refractivity contribution in [3.63, 3.8) is 0 Å². The number of amides is 1. The number of carbonyl (C=O) groups is 1. The third-order valence-electron chi connectivity index (χ3n) is 6.69. The van der Waals surface area contributed by atoms with Crippen LogP contribution in [0.15, 0.2) is 42.5 Å². The molecule has 4 heteroatoms. The maximum atomic E-state index is 13.0. The van der Waals surface area contributed by atoms with Crippen LogP contribution in [0, 0.1) is 13.8 Å². The molecule has 29 heavy (non-hydrogen) atoms. The van der Waals surface area contributed by atoms with Crippen LogP contribution in [0.5, 0.6) is 0 Å². The molecule has 156 valence electrons. The Morgan fingerprint density at radius 1 is 1.07 bits per heavy atom. The molecule has 1 amide bonds. The average molecular weight is 395 g/mol. The van der Waals surface area contributed by atoms with Crippen LogP contribution in [0.1, 0.15) is 49.8 Å². The van der Waals surface area contributed by atoms with Crippen molar-refractivity contribution in [2.24, 2.45) is 0 Å². The highest BCUT2D eigenvalue weighted by atomic mass is 16.2. The minimum Gasteiger partial charge on any atom is -0.360 e. The summed E-state index contributed by atoms with van der Waals surface area (Å²) in [6.07, 6.45) is 1.06. The van der Waals surface area contributed by atoms with Gasteiger partial charge in [0.2, 0.25) is 0 Å². The molecule has 1 aliphatic heterocycles. The molecule has 1 fully saturated rings. The summed E-state index contributed by atoms with van der Waals surface area (Å²) < 4.78 is 0. The molecule has 1 saturated heterocycles. The van der Waals surface area contributed by atoms with Crippen molar-refractivity contribution in [2.45, 2.75) is 53.0 Å². The van der Waals surface area contributed by atoms with E-state index in [4.69, 9.17) is 0 Å². The lowest BCUT2D eigenvalue weighted by Gasteiger charge is -2.36. The molecule has 0 saturated carbocycles. The second-order valence-corrected chi connectivity index (χ2v) is 8.47. The molecule has 0 aromatic heterocycles. The normalized spacial score (nSPS) is 17.1. The molecule has 1 aliphatic rings. The third-order valence-corrected chi connectivity index (χ3v) is 6.69. The van der Waals surface area contributed by atoms with Gasteiger partial charge in [0.15, 0.2) is 6.04 Å². The van der Waals surface area contributed by atoms with Crippen molar-refractivity contribution in [2.75, 3.05) is 36.4 Å². The van der Waals surface area contributed by atoms with E-state index in [0.29, 0.717) is 5.92 Å². The van der Waals surface area contributed by atoms with E-state index in [-0.39, 0.29) is 11.9 Å². The van der Waals surface area contributed by atoms with Crippen LogP contribution >= 0.6 is 0 Å². The number of piperazine rings is 1. The van der Waals surface area contributed by atoms with E-state index in [1.165, 1.54) is 27.3 Å². The number of anilines is 2. The Morgan fingerprint density at radius 2 is 1.76 bits per heavy atom. The maximum Gasteiger partial charge on any atom is 0.282 e. The van der Waals surface area contributed by atoms with Crippen molar-refractivity contribution in [3.8, 4) is 0 Å². The fourth-order valence-electron chi connectivity index (χ4n) is 4.23. The lowest BCUT2D eigenvalue weighted by atomic mass is 9.97. The fraction of sp³-hybridized carbons (Fsp3) is 0.480. The largest absolute Gasteiger partial charge is 0.360 e. The molecule has 0 spiro atoms. The van der Waals surface area contributed by atoms with E-state index < -0.39 is 0 Å². The van der Waals surface area contributed by atoms with E-state index in [1.54, 1.807) is 0 Å². The van der Waals surface area contributed by atoms with Gasteiger partial charge < -0.3 is 15.1 Å². The maximum absolute atomic E-state index is 13.0. The quantitative estimate of drug-likeness (QED) is 0.786. The monoisotopic (exact) mass is 394 g/mol. The van der Waals surface area contributed by atoms with Crippen molar-refractivity contribution in [1.82, 2.24) is 0 Å². The predicted octanol–water partition coefficient (Wildman–Crippen LogP) is 3.55. The number of rotatable bonds is 6. The standard InChI is InChI=1S/C25H35N3O/c1-6-18(2)22-11-7-8-12-23(22)26-25(29)21(5)27-14-16-28(17-15-27)24-13-9-10-19(3)20(24)4/h7-13,18,21H,6,14-17H2,1-5H3,(H,26,29)/p+1/t18-,21+/m0/s1. The summed E-state index contributed by atoms with van der Waals surface area (Å²) in [6, 6.07) is 14.7. The molecular weight excluding hydrogens is 358 g/mol. The number of nitrogens with zero attached hydrogens (tertiary/aromatic N) is 1. The molecule has 3 rings (SSSR count). The minimum atomic E-state index is -0.0549. The van der Waals surface area contributed by atoms with Gasteiger partial charge in [-0.3, -0.25) is 4.79 Å². The third kappa shape index (κ3) is 4.81. The van der Waals surface area contributed by atoms with Gasteiger partial charge in [-0.25, -0.2) is 0 Å². The van der Waals surface area contributed by atoms with Gasteiger partial charge in [0.25, 0.3) is 5.91 Å². The first kappa shape index (κ1) is 21.4. The average Bonchev–Trinajstić information content (AvgIpc) is 2.75. The van der Waals surface area contributed by atoms with E-state index in [9.17, 15) is 4.79 Å². The summed E-state index contributed by atoms with van der Waals surface area (Å²) in [7, 11) is 0. The summed E-state index contributed by atoms with van der Waals surface area (Å²) in [5, 5.41) is 3.21. The highest BCUT2D eigenvalue weighted by Crippen LogP contribution is 2.26. The van der Waals surface area contributed by atoms with Gasteiger partial charge in [-0.05, 0) is 61.9 Å². The second-order valence-electron chi connectivity index (χ2n) is 8.47. The van der Waals surface area contributed by atoms with Crippen LogP contribution in [0.2, 0.25) is 0 Å². The van der Waals surface area contributed by atoms with E-state index in [1.807, 2.05) is 12.1 Å². The first-order chi connectivity index (χ1) is 13.9. The van der Waals surface area contributed by atoms with E-state index in [2.05, 4.69) is 75.2 Å². The molecule has 4 nitrogen and oxygen atoms in total. The number of carbonyl (C=O) groups excluding carboxylic acids is 1. The summed E-state index contributed by atoms with van der Waals surface area (Å²) >= 11 is 0. The lowest BCUT2D eigenvalue weighted by Crippen LogP contribution is -3.19. The van der Waals surface area contributed by atoms with Gasteiger partial charge in [-0.15, -0.1) is 0 Å². The smallest absolute Gasteiger partial charge is 0.282 e. The first-order valence-corrected chi connectivity index (χ1v) is 11.0. The van der Waals surface area contributed by atoms with Crippen LogP contribution < -0.4 is 15.1 Å². The highest BCUT2D eigenvalue weighted by molar-refractivity contribution is 5.94. The van der Waals surface area contributed by atoms with Crippen molar-refractivity contribution in [1.29, 1.82) is 0 Å². The van der Waals surface area contributed by atoms with Crippen molar-refractivity contribution in [3.05, 3.63) is 59.2 Å². The molecule has 2 aromatic carbocycles. The van der Waals surface area contributed by atoms with Crippen LogP contribution in [0.25, 0.3) is 0 Å². The number of hydrogen-bond acceptors (Lipinski definition) is 2. The molecule has 0 bridgehead atoms. The summed E-state index contributed by atoms with van der Waals surface area (Å²) in [5.74, 6) is 0.561. The van der Waals surface area contributed by atoms with Gasteiger partial charge in [0, 0.05) is 11.4 Å². The lowest BCUT2D eigenvalue weighted by molar-refractivity contribution is -0.914. The van der Waals surface area contributed by atoms with Crippen LogP contribution in [0.3, 0.4) is 0 Å². The predicted molar refractivity (Wildman–Crippen MR) is 122 cm³/mol. The first-order valence-electron chi connectivity index (χ1n) is 11.0. The van der Waals surface area contributed by atoms with Gasteiger partial charge in [0.05, 0.1) is 26.2 Å². The molecule has 2 aromatic rings. The minimum absolute atomic E-state index is 0.0549. The number of quaternary nitrogens is 1.